The first kappa shape index (κ1) is 27.3. The Morgan fingerprint density at radius 1 is 1.18 bits per heavy atom. The molecule has 3 aliphatic rings. The molecule has 0 aromatic rings. The van der Waals surface area contributed by atoms with Gasteiger partial charge in [-0.1, -0.05) is 67.5 Å². The zero-order valence-corrected chi connectivity index (χ0v) is 23.0. The number of carbonyl (C=O) groups is 1. The lowest BCUT2D eigenvalue weighted by molar-refractivity contribution is -0.118. The predicted molar refractivity (Wildman–Crippen MR) is 149 cm³/mol. The van der Waals surface area contributed by atoms with Gasteiger partial charge in [-0.25, -0.2) is 0 Å². The molecule has 0 radical (unpaired) electrons. The highest BCUT2D eigenvalue weighted by molar-refractivity contribution is 8.47. The maximum absolute atomic E-state index is 12.0. The maximum atomic E-state index is 12.0. The fourth-order valence-corrected chi connectivity index (χ4v) is 8.33. The summed E-state index contributed by atoms with van der Waals surface area (Å²) in [5.41, 5.74) is 3.55. The molecular weight excluding hydrogens is 467 g/mol. The van der Waals surface area contributed by atoms with E-state index in [-0.39, 0.29) is 12.0 Å². The van der Waals surface area contributed by atoms with Crippen molar-refractivity contribution in [3.63, 3.8) is 0 Å². The van der Waals surface area contributed by atoms with Crippen LogP contribution in [0.4, 0.5) is 0 Å². The number of thiocarbonyl (C=S) groups is 1. The molecule has 3 saturated carbocycles. The Kier molecular flexibility index (Phi) is 11.3. The van der Waals surface area contributed by atoms with E-state index in [0.717, 1.165) is 59.8 Å². The molecule has 186 valence electrons. The molecule has 4 atom stereocenters. The quantitative estimate of drug-likeness (QED) is 0.258. The lowest BCUT2D eigenvalue weighted by Gasteiger charge is -2.42. The monoisotopic (exact) mass is 509 g/mol. The SMILES string of the molecule is CCSC(=S)SCC(=O)NCCCCC1CCC2/C(=C/C=C3/CCCC(O)C3)CCCC12C. The predicted octanol–water partition coefficient (Wildman–Crippen LogP) is 7.05. The van der Waals surface area contributed by atoms with Gasteiger partial charge in [0.1, 0.15) is 3.53 Å². The molecule has 3 fully saturated rings. The minimum Gasteiger partial charge on any atom is -0.393 e. The molecule has 3 aliphatic carbocycles. The van der Waals surface area contributed by atoms with E-state index in [9.17, 15) is 9.90 Å². The lowest BCUT2D eigenvalue weighted by atomic mass is 9.62. The number of nitrogens with one attached hydrogen (secondary N) is 1. The molecule has 3 rings (SSSR count). The molecule has 0 heterocycles. The van der Waals surface area contributed by atoms with Crippen molar-refractivity contribution < 1.29 is 9.90 Å². The first-order chi connectivity index (χ1) is 15.9. The Balaban J connectivity index is 1.41. The number of fused-ring (bicyclic) bond motifs is 1. The minimum absolute atomic E-state index is 0.105. The van der Waals surface area contributed by atoms with Crippen LogP contribution in [0.15, 0.2) is 23.3 Å². The Morgan fingerprint density at radius 2 is 2.03 bits per heavy atom. The number of unbranched alkanes of at least 4 members (excludes halogenated alkanes) is 1. The zero-order chi connectivity index (χ0) is 23.7. The van der Waals surface area contributed by atoms with Crippen molar-refractivity contribution in [1.82, 2.24) is 5.32 Å². The number of hydrogen-bond donors (Lipinski definition) is 2. The summed E-state index contributed by atoms with van der Waals surface area (Å²) >= 11 is 8.35. The third kappa shape index (κ3) is 8.12. The highest BCUT2D eigenvalue weighted by Crippen LogP contribution is 2.58. The van der Waals surface area contributed by atoms with E-state index in [1.807, 2.05) is 0 Å². The van der Waals surface area contributed by atoms with Crippen molar-refractivity contribution >= 4 is 45.2 Å². The number of carbonyl (C=O) groups excluding carboxylic acids is 1. The summed E-state index contributed by atoms with van der Waals surface area (Å²) in [7, 11) is 0. The van der Waals surface area contributed by atoms with Gasteiger partial charge in [-0.15, -0.1) is 11.8 Å². The van der Waals surface area contributed by atoms with Crippen molar-refractivity contribution in [3.8, 4) is 0 Å². The second-order valence-corrected chi connectivity index (χ2v) is 13.8. The average Bonchev–Trinajstić information content (AvgIpc) is 3.13. The minimum atomic E-state index is -0.128. The van der Waals surface area contributed by atoms with Crippen LogP contribution in [0.2, 0.25) is 0 Å². The van der Waals surface area contributed by atoms with Crippen LogP contribution < -0.4 is 5.32 Å². The summed E-state index contributed by atoms with van der Waals surface area (Å²) in [6.07, 6.45) is 19.0. The van der Waals surface area contributed by atoms with Gasteiger partial charge in [0.15, 0.2) is 0 Å². The largest absolute Gasteiger partial charge is 0.393 e. The number of amides is 1. The molecule has 0 saturated heterocycles. The topological polar surface area (TPSA) is 49.3 Å². The van der Waals surface area contributed by atoms with Crippen LogP contribution in [0.5, 0.6) is 0 Å². The average molecular weight is 510 g/mol. The first-order valence-electron chi connectivity index (χ1n) is 13.0. The Morgan fingerprint density at radius 3 is 2.82 bits per heavy atom. The summed E-state index contributed by atoms with van der Waals surface area (Å²) in [6, 6.07) is 0. The van der Waals surface area contributed by atoms with Crippen LogP contribution in [-0.2, 0) is 4.79 Å². The standard InChI is InChI=1S/C27H43NO2S3/c1-3-32-26(31)33-19-25(30)28-17-5-4-10-22-14-15-24-21(9-7-16-27(22,24)2)13-12-20-8-6-11-23(29)18-20/h12-13,22-24,29H,3-11,14-19H2,1-2H3,(H,28,30)/b20-12-,21-13+. The smallest absolute Gasteiger partial charge is 0.230 e. The van der Waals surface area contributed by atoms with Gasteiger partial charge in [0, 0.05) is 6.54 Å². The third-order valence-corrected chi connectivity index (χ3v) is 10.7. The fraction of sp³-hybridized carbons (Fsp3) is 0.778. The van der Waals surface area contributed by atoms with E-state index in [0.29, 0.717) is 11.2 Å². The van der Waals surface area contributed by atoms with Crippen molar-refractivity contribution in [1.29, 1.82) is 0 Å². The number of thioether (sulfide) groups is 2. The van der Waals surface area contributed by atoms with Gasteiger partial charge in [-0.05, 0) is 93.6 Å². The molecule has 2 N–H and O–H groups in total. The summed E-state index contributed by atoms with van der Waals surface area (Å²) in [5, 5.41) is 13.0. The van der Waals surface area contributed by atoms with Gasteiger partial charge in [0.2, 0.25) is 5.91 Å². The van der Waals surface area contributed by atoms with Crippen LogP contribution >= 0.6 is 35.7 Å². The highest BCUT2D eigenvalue weighted by Gasteiger charge is 2.48. The van der Waals surface area contributed by atoms with E-state index in [1.165, 1.54) is 62.3 Å². The van der Waals surface area contributed by atoms with Crippen molar-refractivity contribution in [3.05, 3.63) is 23.3 Å². The number of hydrogen-bond acceptors (Lipinski definition) is 5. The van der Waals surface area contributed by atoms with Gasteiger partial charge >= 0.3 is 0 Å². The van der Waals surface area contributed by atoms with Gasteiger partial charge in [-0.3, -0.25) is 4.79 Å². The molecular formula is C27H43NO2S3. The molecule has 0 aliphatic heterocycles. The molecule has 0 aromatic heterocycles. The second kappa shape index (κ2) is 13.7. The van der Waals surface area contributed by atoms with Crippen LogP contribution in [-0.4, -0.2) is 38.7 Å². The molecule has 33 heavy (non-hydrogen) atoms. The van der Waals surface area contributed by atoms with Crippen molar-refractivity contribution in [2.75, 3.05) is 18.1 Å². The lowest BCUT2D eigenvalue weighted by Crippen LogP contribution is -2.33. The maximum Gasteiger partial charge on any atom is 0.230 e. The third-order valence-electron chi connectivity index (χ3n) is 8.11. The van der Waals surface area contributed by atoms with Gasteiger partial charge < -0.3 is 10.4 Å². The summed E-state index contributed by atoms with van der Waals surface area (Å²) < 4.78 is 0.866. The summed E-state index contributed by atoms with van der Waals surface area (Å²) in [5.74, 6) is 3.06. The van der Waals surface area contributed by atoms with E-state index in [1.54, 1.807) is 17.3 Å². The van der Waals surface area contributed by atoms with Gasteiger partial charge in [-0.2, -0.15) is 0 Å². The molecule has 3 nitrogen and oxygen atoms in total. The summed E-state index contributed by atoms with van der Waals surface area (Å²) in [6.45, 7) is 5.41. The van der Waals surface area contributed by atoms with Crippen LogP contribution in [0, 0.1) is 17.3 Å². The molecule has 4 unspecified atom stereocenters. The fourth-order valence-electron chi connectivity index (χ4n) is 6.35. The van der Waals surface area contributed by atoms with Crippen LogP contribution in [0.1, 0.15) is 90.9 Å². The normalized spacial score (nSPS) is 32.2. The van der Waals surface area contributed by atoms with Gasteiger partial charge in [0.05, 0.1) is 11.9 Å². The molecule has 1 amide bonds. The van der Waals surface area contributed by atoms with Crippen LogP contribution in [0.3, 0.4) is 0 Å². The summed E-state index contributed by atoms with van der Waals surface area (Å²) in [4.78, 5) is 12.0. The van der Waals surface area contributed by atoms with Crippen molar-refractivity contribution in [2.45, 2.75) is 97.0 Å². The zero-order valence-electron chi connectivity index (χ0n) is 20.6. The van der Waals surface area contributed by atoms with E-state index in [2.05, 4.69) is 31.3 Å². The highest BCUT2D eigenvalue weighted by atomic mass is 32.2. The molecule has 0 bridgehead atoms. The number of aliphatic hydroxyl groups is 1. The molecule has 6 heteroatoms. The first-order valence-corrected chi connectivity index (χ1v) is 15.4. The number of allylic oxidation sites excluding steroid dienone is 3. The Bertz CT molecular complexity index is 735. The van der Waals surface area contributed by atoms with Gasteiger partial charge in [0.25, 0.3) is 0 Å². The van der Waals surface area contributed by atoms with E-state index < -0.39 is 0 Å². The molecule has 0 aromatic carbocycles. The Labute approximate surface area is 215 Å². The molecule has 0 spiro atoms. The van der Waals surface area contributed by atoms with Crippen molar-refractivity contribution in [2.24, 2.45) is 17.3 Å². The number of rotatable bonds is 9. The number of aliphatic hydroxyl groups excluding tert-OH is 1. The van der Waals surface area contributed by atoms with Crippen LogP contribution in [0.25, 0.3) is 0 Å². The second-order valence-electron chi connectivity index (χ2n) is 10.3. The van der Waals surface area contributed by atoms with E-state index in [4.69, 9.17) is 12.2 Å². The Hall–Kier alpha value is -0.300. The van der Waals surface area contributed by atoms with E-state index >= 15 is 0 Å².